The first-order valence-electron chi connectivity index (χ1n) is 6.09. The van der Waals surface area contributed by atoms with Crippen LogP contribution < -0.4 is 5.73 Å². The number of hydrogen-bond donors (Lipinski definition) is 1. The molecule has 16 heavy (non-hydrogen) atoms. The van der Waals surface area contributed by atoms with Crippen LogP contribution in [0, 0.1) is 19.8 Å². The lowest BCUT2D eigenvalue weighted by atomic mass is 9.85. The minimum atomic E-state index is 0.170. The van der Waals surface area contributed by atoms with Gasteiger partial charge < -0.3 is 10.5 Å². The van der Waals surface area contributed by atoms with Crippen LogP contribution in [0.15, 0.2) is 18.2 Å². The predicted molar refractivity (Wildman–Crippen MR) is 66.4 cm³/mol. The minimum Gasteiger partial charge on any atom is -0.381 e. The molecule has 2 N–H and O–H groups in total. The van der Waals surface area contributed by atoms with Gasteiger partial charge in [-0.05, 0) is 43.7 Å². The van der Waals surface area contributed by atoms with E-state index in [0.29, 0.717) is 5.92 Å². The van der Waals surface area contributed by atoms with Crippen LogP contribution in [0.4, 0.5) is 0 Å². The van der Waals surface area contributed by atoms with E-state index in [9.17, 15) is 0 Å². The van der Waals surface area contributed by atoms with Gasteiger partial charge in [-0.25, -0.2) is 0 Å². The Bertz CT molecular complexity index is 356. The van der Waals surface area contributed by atoms with Gasteiger partial charge in [0, 0.05) is 19.3 Å². The highest BCUT2D eigenvalue weighted by Crippen LogP contribution is 2.30. The third-order valence-electron chi connectivity index (χ3n) is 3.57. The van der Waals surface area contributed by atoms with E-state index < -0.39 is 0 Å². The summed E-state index contributed by atoms with van der Waals surface area (Å²) in [5.41, 5.74) is 10.3. The Morgan fingerprint density at radius 1 is 1.25 bits per heavy atom. The summed E-state index contributed by atoms with van der Waals surface area (Å²) in [4.78, 5) is 0. The Balaban J connectivity index is 2.18. The molecular formula is C14H21NO. The molecular weight excluding hydrogens is 198 g/mol. The van der Waals surface area contributed by atoms with Crippen LogP contribution in [0.3, 0.4) is 0 Å². The van der Waals surface area contributed by atoms with Crippen molar-refractivity contribution < 1.29 is 4.74 Å². The normalized spacial score (nSPS) is 19.7. The van der Waals surface area contributed by atoms with Gasteiger partial charge in [0.1, 0.15) is 0 Å². The Kier molecular flexibility index (Phi) is 3.62. The predicted octanol–water partition coefficient (Wildman–Crippen LogP) is 2.73. The first kappa shape index (κ1) is 11.6. The molecule has 88 valence electrons. The molecule has 1 aromatic carbocycles. The molecule has 0 amide bonds. The summed E-state index contributed by atoms with van der Waals surface area (Å²) in [6.07, 6.45) is 2.18. The monoisotopic (exact) mass is 219 g/mol. The maximum atomic E-state index is 6.38. The summed E-state index contributed by atoms with van der Waals surface area (Å²) in [5.74, 6) is 0.578. The van der Waals surface area contributed by atoms with Crippen molar-refractivity contribution in [2.24, 2.45) is 11.7 Å². The van der Waals surface area contributed by atoms with E-state index >= 15 is 0 Å². The number of rotatable bonds is 2. The molecule has 0 saturated carbocycles. The second-order valence-corrected chi connectivity index (χ2v) is 4.84. The second-order valence-electron chi connectivity index (χ2n) is 4.84. The number of nitrogens with two attached hydrogens (primary N) is 1. The fraction of sp³-hybridized carbons (Fsp3) is 0.571. The van der Waals surface area contributed by atoms with Crippen molar-refractivity contribution in [3.8, 4) is 0 Å². The van der Waals surface area contributed by atoms with Crippen molar-refractivity contribution in [1.82, 2.24) is 0 Å². The van der Waals surface area contributed by atoms with E-state index in [4.69, 9.17) is 10.5 Å². The van der Waals surface area contributed by atoms with Crippen LogP contribution >= 0.6 is 0 Å². The molecule has 1 heterocycles. The van der Waals surface area contributed by atoms with Gasteiger partial charge in [0.15, 0.2) is 0 Å². The Labute approximate surface area is 97.8 Å². The van der Waals surface area contributed by atoms with Crippen LogP contribution in [0.2, 0.25) is 0 Å². The molecule has 1 aromatic rings. The molecule has 1 aliphatic heterocycles. The maximum absolute atomic E-state index is 6.38. The molecule has 1 aliphatic rings. The van der Waals surface area contributed by atoms with E-state index in [1.807, 2.05) is 0 Å². The van der Waals surface area contributed by atoms with Crippen molar-refractivity contribution in [1.29, 1.82) is 0 Å². The zero-order valence-electron chi connectivity index (χ0n) is 10.2. The molecule has 2 rings (SSSR count). The molecule has 0 aliphatic carbocycles. The molecule has 1 fully saturated rings. The van der Waals surface area contributed by atoms with Crippen LogP contribution in [-0.4, -0.2) is 13.2 Å². The van der Waals surface area contributed by atoms with Gasteiger partial charge in [-0.1, -0.05) is 23.8 Å². The van der Waals surface area contributed by atoms with Crippen LogP contribution in [0.5, 0.6) is 0 Å². The maximum Gasteiger partial charge on any atom is 0.0469 e. The van der Waals surface area contributed by atoms with Gasteiger partial charge in [0.05, 0.1) is 0 Å². The molecule has 2 heteroatoms. The van der Waals surface area contributed by atoms with Crippen molar-refractivity contribution in [2.75, 3.05) is 13.2 Å². The van der Waals surface area contributed by atoms with Gasteiger partial charge in [-0.15, -0.1) is 0 Å². The van der Waals surface area contributed by atoms with Crippen LogP contribution in [0.25, 0.3) is 0 Å². The van der Waals surface area contributed by atoms with E-state index in [2.05, 4.69) is 32.0 Å². The summed E-state index contributed by atoms with van der Waals surface area (Å²) >= 11 is 0. The highest BCUT2D eigenvalue weighted by molar-refractivity contribution is 5.33. The number of ether oxygens (including phenoxy) is 1. The van der Waals surface area contributed by atoms with Gasteiger partial charge in [-0.3, -0.25) is 0 Å². The van der Waals surface area contributed by atoms with E-state index in [1.165, 1.54) is 16.7 Å². The first-order chi connectivity index (χ1) is 7.68. The minimum absolute atomic E-state index is 0.170. The molecule has 1 unspecified atom stereocenters. The van der Waals surface area contributed by atoms with E-state index in [0.717, 1.165) is 26.1 Å². The lowest BCUT2D eigenvalue weighted by molar-refractivity contribution is 0.0583. The highest BCUT2D eigenvalue weighted by Gasteiger charge is 2.23. The van der Waals surface area contributed by atoms with Crippen molar-refractivity contribution in [2.45, 2.75) is 32.7 Å². The quantitative estimate of drug-likeness (QED) is 0.830. The lowest BCUT2D eigenvalue weighted by Gasteiger charge is -2.29. The SMILES string of the molecule is Cc1ccc(C)c(C(N)C2CCOCC2)c1. The molecule has 1 saturated heterocycles. The van der Waals surface area contributed by atoms with Gasteiger partial charge in [0.25, 0.3) is 0 Å². The number of aryl methyl sites for hydroxylation is 2. The third kappa shape index (κ3) is 2.45. The molecule has 0 spiro atoms. The Hall–Kier alpha value is -0.860. The first-order valence-corrected chi connectivity index (χ1v) is 6.09. The Morgan fingerprint density at radius 2 is 1.94 bits per heavy atom. The molecule has 1 atom stereocenters. The summed E-state index contributed by atoms with van der Waals surface area (Å²) in [5, 5.41) is 0. The largest absolute Gasteiger partial charge is 0.381 e. The van der Waals surface area contributed by atoms with Crippen LogP contribution in [-0.2, 0) is 4.74 Å². The average molecular weight is 219 g/mol. The van der Waals surface area contributed by atoms with Crippen LogP contribution in [0.1, 0.15) is 35.6 Å². The fourth-order valence-electron chi connectivity index (χ4n) is 2.45. The van der Waals surface area contributed by atoms with Crippen molar-refractivity contribution in [3.05, 3.63) is 34.9 Å². The van der Waals surface area contributed by atoms with E-state index in [-0.39, 0.29) is 6.04 Å². The summed E-state index contributed by atoms with van der Waals surface area (Å²) in [6, 6.07) is 6.72. The number of benzene rings is 1. The molecule has 0 bridgehead atoms. The van der Waals surface area contributed by atoms with E-state index in [1.54, 1.807) is 0 Å². The zero-order chi connectivity index (χ0) is 11.5. The van der Waals surface area contributed by atoms with Crippen molar-refractivity contribution in [3.63, 3.8) is 0 Å². The Morgan fingerprint density at radius 3 is 2.62 bits per heavy atom. The van der Waals surface area contributed by atoms with Crippen molar-refractivity contribution >= 4 is 0 Å². The molecule has 0 aromatic heterocycles. The second kappa shape index (κ2) is 4.98. The fourth-order valence-corrected chi connectivity index (χ4v) is 2.45. The smallest absolute Gasteiger partial charge is 0.0469 e. The third-order valence-corrected chi connectivity index (χ3v) is 3.57. The molecule has 2 nitrogen and oxygen atoms in total. The standard InChI is InChI=1S/C14H21NO/c1-10-3-4-11(2)13(9-10)14(15)12-5-7-16-8-6-12/h3-4,9,12,14H,5-8,15H2,1-2H3. The zero-order valence-corrected chi connectivity index (χ0v) is 10.2. The molecule has 0 radical (unpaired) electrons. The highest BCUT2D eigenvalue weighted by atomic mass is 16.5. The van der Waals surface area contributed by atoms with Gasteiger partial charge >= 0.3 is 0 Å². The van der Waals surface area contributed by atoms with Gasteiger partial charge in [-0.2, -0.15) is 0 Å². The lowest BCUT2D eigenvalue weighted by Crippen LogP contribution is -2.28. The topological polar surface area (TPSA) is 35.2 Å². The number of hydrogen-bond acceptors (Lipinski definition) is 2. The average Bonchev–Trinajstić information content (AvgIpc) is 2.32. The summed E-state index contributed by atoms with van der Waals surface area (Å²) < 4.78 is 5.38. The summed E-state index contributed by atoms with van der Waals surface area (Å²) in [6.45, 7) is 6.00. The summed E-state index contributed by atoms with van der Waals surface area (Å²) in [7, 11) is 0. The van der Waals surface area contributed by atoms with Gasteiger partial charge in [0.2, 0.25) is 0 Å².